The van der Waals surface area contributed by atoms with Crippen LogP contribution in [0.5, 0.6) is 0 Å². The minimum atomic E-state index is 0.0607. The molecule has 0 atom stereocenters. The van der Waals surface area contributed by atoms with Crippen molar-refractivity contribution < 1.29 is 9.59 Å². The highest BCUT2D eigenvalue weighted by atomic mass is 16.2. The van der Waals surface area contributed by atoms with E-state index < -0.39 is 0 Å². The predicted molar refractivity (Wildman–Crippen MR) is 78.3 cm³/mol. The van der Waals surface area contributed by atoms with E-state index in [0.717, 1.165) is 38.8 Å². The van der Waals surface area contributed by atoms with Crippen LogP contribution >= 0.6 is 0 Å². The molecule has 5 heteroatoms. The summed E-state index contributed by atoms with van der Waals surface area (Å²) in [5.41, 5.74) is 0. The molecule has 1 aliphatic heterocycles. The smallest absolute Gasteiger partial charge is 0.234 e. The number of carbonyl (C=O) groups is 2. The second-order valence-corrected chi connectivity index (χ2v) is 5.92. The Balaban J connectivity index is 1.51. The summed E-state index contributed by atoms with van der Waals surface area (Å²) >= 11 is 0. The Kier molecular flexibility index (Phi) is 6.30. The molecule has 2 fully saturated rings. The van der Waals surface area contributed by atoms with E-state index in [1.165, 1.54) is 19.3 Å². The van der Waals surface area contributed by atoms with Gasteiger partial charge in [0.1, 0.15) is 0 Å². The van der Waals surface area contributed by atoms with Crippen LogP contribution in [-0.4, -0.2) is 48.9 Å². The minimum absolute atomic E-state index is 0.0607. The van der Waals surface area contributed by atoms with Crippen LogP contribution in [0, 0.1) is 0 Å². The van der Waals surface area contributed by atoms with Crippen LogP contribution in [0.25, 0.3) is 0 Å². The second kappa shape index (κ2) is 8.25. The Morgan fingerprint density at radius 2 is 1.70 bits per heavy atom. The summed E-state index contributed by atoms with van der Waals surface area (Å²) in [4.78, 5) is 25.5. The van der Waals surface area contributed by atoms with Crippen molar-refractivity contribution in [1.82, 2.24) is 15.5 Å². The summed E-state index contributed by atoms with van der Waals surface area (Å²) in [5.74, 6) is 0.271. The number of amides is 2. The van der Waals surface area contributed by atoms with E-state index >= 15 is 0 Å². The molecule has 1 heterocycles. The van der Waals surface area contributed by atoms with E-state index in [2.05, 4.69) is 10.6 Å². The summed E-state index contributed by atoms with van der Waals surface area (Å²) in [6, 6.07) is 0.365. The van der Waals surface area contributed by atoms with E-state index in [1.54, 1.807) is 0 Å². The van der Waals surface area contributed by atoms with Crippen molar-refractivity contribution in [2.45, 2.75) is 57.4 Å². The summed E-state index contributed by atoms with van der Waals surface area (Å²) in [6.07, 6.45) is 8.72. The molecule has 1 saturated carbocycles. The molecule has 2 rings (SSSR count). The molecule has 0 radical (unpaired) electrons. The van der Waals surface area contributed by atoms with Crippen LogP contribution in [0.4, 0.5) is 0 Å². The Morgan fingerprint density at radius 3 is 2.40 bits per heavy atom. The summed E-state index contributed by atoms with van der Waals surface area (Å²) in [5, 5.41) is 6.13. The topological polar surface area (TPSA) is 61.4 Å². The molecule has 2 amide bonds. The van der Waals surface area contributed by atoms with Gasteiger partial charge in [-0.2, -0.15) is 0 Å². The number of rotatable bonds is 6. The van der Waals surface area contributed by atoms with Crippen molar-refractivity contribution in [2.75, 3.05) is 26.2 Å². The largest absolute Gasteiger partial charge is 0.352 e. The van der Waals surface area contributed by atoms with Crippen molar-refractivity contribution in [2.24, 2.45) is 0 Å². The first-order chi connectivity index (χ1) is 9.75. The van der Waals surface area contributed by atoms with Crippen molar-refractivity contribution in [3.05, 3.63) is 0 Å². The zero-order valence-corrected chi connectivity index (χ0v) is 12.3. The molecule has 0 aromatic heterocycles. The summed E-state index contributed by atoms with van der Waals surface area (Å²) in [6.45, 7) is 2.72. The van der Waals surface area contributed by atoms with Crippen molar-refractivity contribution in [3.63, 3.8) is 0 Å². The van der Waals surface area contributed by atoms with Gasteiger partial charge in [0, 0.05) is 32.1 Å². The Hall–Kier alpha value is -1.10. The molecule has 20 heavy (non-hydrogen) atoms. The van der Waals surface area contributed by atoms with E-state index in [9.17, 15) is 9.59 Å². The lowest BCUT2D eigenvalue weighted by Crippen LogP contribution is -2.42. The van der Waals surface area contributed by atoms with E-state index in [0.29, 0.717) is 25.6 Å². The standard InChI is InChI=1S/C15H27N3O2/c19-14(17-13-6-2-1-3-7-13)12-16-9-8-15(20)18-10-4-5-11-18/h13,16H,1-12H2,(H,17,19). The quantitative estimate of drug-likeness (QED) is 0.715. The highest BCUT2D eigenvalue weighted by Gasteiger charge is 2.18. The van der Waals surface area contributed by atoms with Crippen molar-refractivity contribution >= 4 is 11.8 Å². The highest BCUT2D eigenvalue weighted by Crippen LogP contribution is 2.17. The molecule has 2 aliphatic rings. The molecule has 0 unspecified atom stereocenters. The van der Waals surface area contributed by atoms with Gasteiger partial charge in [0.15, 0.2) is 0 Å². The van der Waals surface area contributed by atoms with Gasteiger partial charge in [-0.25, -0.2) is 0 Å². The molecule has 5 nitrogen and oxygen atoms in total. The van der Waals surface area contributed by atoms with E-state index in [1.807, 2.05) is 4.90 Å². The van der Waals surface area contributed by atoms with Gasteiger partial charge in [0.2, 0.25) is 11.8 Å². The number of nitrogens with one attached hydrogen (secondary N) is 2. The van der Waals surface area contributed by atoms with Gasteiger partial charge in [-0.15, -0.1) is 0 Å². The molecular weight excluding hydrogens is 254 g/mol. The Morgan fingerprint density at radius 1 is 1.00 bits per heavy atom. The molecular formula is C15H27N3O2. The van der Waals surface area contributed by atoms with Crippen LogP contribution in [0.15, 0.2) is 0 Å². The fraction of sp³-hybridized carbons (Fsp3) is 0.867. The van der Waals surface area contributed by atoms with Gasteiger partial charge >= 0.3 is 0 Å². The van der Waals surface area contributed by atoms with E-state index in [4.69, 9.17) is 0 Å². The van der Waals surface area contributed by atoms with Gasteiger partial charge in [0.05, 0.1) is 6.54 Å². The number of carbonyl (C=O) groups excluding carboxylic acids is 2. The maximum absolute atomic E-state index is 11.8. The third-order valence-corrected chi connectivity index (χ3v) is 4.23. The van der Waals surface area contributed by atoms with Gasteiger partial charge in [-0.1, -0.05) is 19.3 Å². The number of hydrogen-bond donors (Lipinski definition) is 2. The average molecular weight is 281 g/mol. The van der Waals surface area contributed by atoms with E-state index in [-0.39, 0.29) is 11.8 Å². The number of nitrogens with zero attached hydrogens (tertiary/aromatic N) is 1. The SMILES string of the molecule is O=C(CNCCC(=O)N1CCCC1)NC1CCCCC1. The Labute approximate surface area is 121 Å². The summed E-state index contributed by atoms with van der Waals surface area (Å²) < 4.78 is 0. The predicted octanol–water partition coefficient (Wildman–Crippen LogP) is 1.04. The number of hydrogen-bond acceptors (Lipinski definition) is 3. The monoisotopic (exact) mass is 281 g/mol. The first kappa shape index (κ1) is 15.3. The number of likely N-dealkylation sites (tertiary alicyclic amines) is 1. The van der Waals surface area contributed by atoms with Crippen molar-refractivity contribution in [1.29, 1.82) is 0 Å². The lowest BCUT2D eigenvalue weighted by Gasteiger charge is -2.22. The van der Waals surface area contributed by atoms with Gasteiger partial charge in [0.25, 0.3) is 0 Å². The van der Waals surface area contributed by atoms with Crippen molar-refractivity contribution in [3.8, 4) is 0 Å². The molecule has 1 saturated heterocycles. The van der Waals surface area contributed by atoms with Gasteiger partial charge in [-0.05, 0) is 25.7 Å². The van der Waals surface area contributed by atoms with Gasteiger partial charge in [-0.3, -0.25) is 9.59 Å². The maximum Gasteiger partial charge on any atom is 0.234 e. The fourth-order valence-electron chi connectivity index (χ4n) is 3.05. The molecule has 0 spiro atoms. The second-order valence-electron chi connectivity index (χ2n) is 5.92. The minimum Gasteiger partial charge on any atom is -0.352 e. The highest BCUT2D eigenvalue weighted by molar-refractivity contribution is 5.79. The van der Waals surface area contributed by atoms with Crippen LogP contribution in [0.2, 0.25) is 0 Å². The van der Waals surface area contributed by atoms with Crippen LogP contribution in [0.1, 0.15) is 51.4 Å². The molecule has 0 aromatic carbocycles. The average Bonchev–Trinajstić information content (AvgIpc) is 2.99. The first-order valence-electron chi connectivity index (χ1n) is 8.03. The fourth-order valence-corrected chi connectivity index (χ4v) is 3.05. The lowest BCUT2D eigenvalue weighted by atomic mass is 9.95. The van der Waals surface area contributed by atoms with Crippen LogP contribution in [0.3, 0.4) is 0 Å². The molecule has 0 bridgehead atoms. The summed E-state index contributed by atoms with van der Waals surface area (Å²) in [7, 11) is 0. The molecule has 1 aliphatic carbocycles. The molecule has 2 N–H and O–H groups in total. The zero-order valence-electron chi connectivity index (χ0n) is 12.3. The molecule has 0 aromatic rings. The maximum atomic E-state index is 11.8. The third-order valence-electron chi connectivity index (χ3n) is 4.23. The van der Waals surface area contributed by atoms with Crippen LogP contribution < -0.4 is 10.6 Å². The first-order valence-corrected chi connectivity index (χ1v) is 8.03. The third kappa shape index (κ3) is 5.12. The van der Waals surface area contributed by atoms with Gasteiger partial charge < -0.3 is 15.5 Å². The normalized spacial score (nSPS) is 20.1. The lowest BCUT2D eigenvalue weighted by molar-refractivity contribution is -0.130. The molecule has 114 valence electrons. The zero-order chi connectivity index (χ0) is 14.2. The van der Waals surface area contributed by atoms with Crippen LogP contribution in [-0.2, 0) is 9.59 Å². The Bertz CT molecular complexity index is 321.